The molecule has 3 rings (SSSR count). The molecule has 1 aliphatic rings. The van der Waals surface area contributed by atoms with Crippen molar-refractivity contribution in [1.29, 1.82) is 0 Å². The van der Waals surface area contributed by atoms with Crippen LogP contribution in [0.4, 0.5) is 5.13 Å². The smallest absolute Gasteiger partial charge is 0.266 e. The number of hydrogen-bond acceptors (Lipinski definition) is 8. The van der Waals surface area contributed by atoms with Crippen LogP contribution in [0.5, 0.6) is 0 Å². The molecule has 1 N–H and O–H groups in total. The van der Waals surface area contributed by atoms with E-state index in [0.717, 1.165) is 35.6 Å². The summed E-state index contributed by atoms with van der Waals surface area (Å²) < 4.78 is 0.606. The molecule has 0 bridgehead atoms. The average Bonchev–Trinajstić information content (AvgIpc) is 3.40. The third-order valence-corrected chi connectivity index (χ3v) is 7.33. The van der Waals surface area contributed by atoms with E-state index in [1.54, 1.807) is 16.2 Å². The van der Waals surface area contributed by atoms with E-state index in [1.807, 2.05) is 23.6 Å². The molecule has 0 atom stereocenters. The van der Waals surface area contributed by atoms with Gasteiger partial charge in [0.15, 0.2) is 0 Å². The van der Waals surface area contributed by atoms with Crippen LogP contribution in [0.15, 0.2) is 22.4 Å². The molecule has 10 heteroatoms. The van der Waals surface area contributed by atoms with Crippen LogP contribution >= 0.6 is 46.7 Å². The summed E-state index contributed by atoms with van der Waals surface area (Å²) in [5, 5.41) is 14.4. The summed E-state index contributed by atoms with van der Waals surface area (Å²) in [6, 6.07) is 3.94. The van der Waals surface area contributed by atoms with Crippen molar-refractivity contribution in [2.75, 3.05) is 11.9 Å². The normalized spacial score (nSPS) is 15.6. The van der Waals surface area contributed by atoms with Gasteiger partial charge in [-0.25, -0.2) is 0 Å². The summed E-state index contributed by atoms with van der Waals surface area (Å²) in [5.41, 5.74) is 0. The molecule has 2 aromatic heterocycles. The van der Waals surface area contributed by atoms with Crippen LogP contribution in [0.2, 0.25) is 0 Å². The van der Waals surface area contributed by atoms with Gasteiger partial charge in [0.25, 0.3) is 5.91 Å². The molecule has 0 unspecified atom stereocenters. The highest BCUT2D eigenvalue weighted by Crippen LogP contribution is 2.33. The van der Waals surface area contributed by atoms with Crippen LogP contribution in [0, 0.1) is 5.92 Å². The molecule has 0 aliphatic carbocycles. The Kier molecular flexibility index (Phi) is 8.55. The second-order valence-electron chi connectivity index (χ2n) is 7.31. The SMILES string of the molecule is CC(C)Cc1nnc(NC(=O)CCCCCN2C(=O)C(=Cc3cccs3)SC2=S)s1. The van der Waals surface area contributed by atoms with Gasteiger partial charge >= 0.3 is 0 Å². The Morgan fingerprint density at radius 3 is 2.87 bits per heavy atom. The fourth-order valence-corrected chi connectivity index (χ4v) is 5.84. The lowest BCUT2D eigenvalue weighted by molar-refractivity contribution is -0.122. The van der Waals surface area contributed by atoms with Crippen LogP contribution in [-0.2, 0) is 16.0 Å². The van der Waals surface area contributed by atoms with Crippen molar-refractivity contribution in [3.05, 3.63) is 32.3 Å². The van der Waals surface area contributed by atoms with Gasteiger partial charge in [-0.3, -0.25) is 14.5 Å². The van der Waals surface area contributed by atoms with E-state index < -0.39 is 0 Å². The summed E-state index contributed by atoms with van der Waals surface area (Å²) in [4.78, 5) is 28.0. The lowest BCUT2D eigenvalue weighted by Crippen LogP contribution is -2.29. The summed E-state index contributed by atoms with van der Waals surface area (Å²) in [6.45, 7) is 4.84. The van der Waals surface area contributed by atoms with E-state index in [-0.39, 0.29) is 11.8 Å². The highest BCUT2D eigenvalue weighted by molar-refractivity contribution is 8.26. The topological polar surface area (TPSA) is 75.2 Å². The summed E-state index contributed by atoms with van der Waals surface area (Å²) in [5.74, 6) is 0.439. The predicted molar refractivity (Wildman–Crippen MR) is 130 cm³/mol. The molecule has 1 fully saturated rings. The first-order chi connectivity index (χ1) is 14.4. The minimum Gasteiger partial charge on any atom is -0.301 e. The molecule has 160 valence electrons. The maximum atomic E-state index is 12.6. The van der Waals surface area contributed by atoms with E-state index in [2.05, 4.69) is 29.4 Å². The van der Waals surface area contributed by atoms with Crippen LogP contribution in [-0.4, -0.2) is 37.8 Å². The number of unbranched alkanes of at least 4 members (excludes halogenated alkanes) is 2. The molecule has 30 heavy (non-hydrogen) atoms. The van der Waals surface area contributed by atoms with Crippen molar-refractivity contribution < 1.29 is 9.59 Å². The van der Waals surface area contributed by atoms with E-state index in [9.17, 15) is 9.59 Å². The van der Waals surface area contributed by atoms with Crippen molar-refractivity contribution >= 4 is 74.0 Å². The maximum Gasteiger partial charge on any atom is 0.266 e. The van der Waals surface area contributed by atoms with Gasteiger partial charge in [-0.15, -0.1) is 21.5 Å². The lowest BCUT2D eigenvalue weighted by atomic mass is 10.1. The van der Waals surface area contributed by atoms with Gasteiger partial charge in [0.1, 0.15) is 9.33 Å². The number of hydrogen-bond donors (Lipinski definition) is 1. The summed E-state index contributed by atoms with van der Waals surface area (Å²) >= 11 is 9.75. The number of aromatic nitrogens is 2. The number of carbonyl (C=O) groups is 2. The van der Waals surface area contributed by atoms with E-state index in [0.29, 0.717) is 33.2 Å². The molecule has 0 radical (unpaired) electrons. The molecule has 2 amide bonds. The standard InChI is InChI=1S/C20H24N4O2S4/c1-13(2)11-17-22-23-19(30-17)21-16(25)8-4-3-5-9-24-18(26)15(29-20(24)27)12-14-7-6-10-28-14/h6-7,10,12-13H,3-5,8-9,11H2,1-2H3,(H,21,23,25). The first-order valence-electron chi connectivity index (χ1n) is 9.83. The quantitative estimate of drug-likeness (QED) is 0.286. The number of anilines is 1. The third kappa shape index (κ3) is 6.69. The van der Waals surface area contributed by atoms with Crippen molar-refractivity contribution in [1.82, 2.24) is 15.1 Å². The number of nitrogens with one attached hydrogen (secondary N) is 1. The Bertz CT molecular complexity index is 921. The minimum atomic E-state index is -0.0493. The Morgan fingerprint density at radius 1 is 1.30 bits per heavy atom. The average molecular weight is 481 g/mol. The molecule has 2 aromatic rings. The van der Waals surface area contributed by atoms with Crippen molar-refractivity contribution in [2.45, 2.75) is 46.0 Å². The minimum absolute atomic E-state index is 0.0235. The Labute approximate surface area is 194 Å². The second kappa shape index (κ2) is 11.1. The molecule has 1 saturated heterocycles. The summed E-state index contributed by atoms with van der Waals surface area (Å²) in [7, 11) is 0. The molecular weight excluding hydrogens is 457 g/mol. The fourth-order valence-electron chi connectivity index (χ4n) is 2.85. The number of carbonyl (C=O) groups excluding carboxylic acids is 2. The van der Waals surface area contributed by atoms with Crippen LogP contribution in [0.3, 0.4) is 0 Å². The lowest BCUT2D eigenvalue weighted by Gasteiger charge is -2.13. The zero-order chi connectivity index (χ0) is 21.5. The molecule has 1 aliphatic heterocycles. The van der Waals surface area contributed by atoms with Gasteiger partial charge in [0.2, 0.25) is 11.0 Å². The highest BCUT2D eigenvalue weighted by Gasteiger charge is 2.31. The highest BCUT2D eigenvalue weighted by atomic mass is 32.2. The van der Waals surface area contributed by atoms with Gasteiger partial charge in [0.05, 0.1) is 4.91 Å². The molecule has 6 nitrogen and oxygen atoms in total. The van der Waals surface area contributed by atoms with Gasteiger partial charge in [-0.05, 0) is 36.3 Å². The number of amides is 2. The van der Waals surface area contributed by atoms with Gasteiger partial charge < -0.3 is 5.32 Å². The zero-order valence-corrected chi connectivity index (χ0v) is 20.2. The Balaban J connectivity index is 1.36. The molecule has 0 saturated carbocycles. The van der Waals surface area contributed by atoms with Crippen LogP contribution < -0.4 is 5.32 Å². The number of nitrogens with zero attached hydrogens (tertiary/aromatic N) is 3. The molecular formula is C20H24N4O2S4. The first kappa shape index (κ1) is 23.1. The molecule has 0 aromatic carbocycles. The number of thiocarbonyl (C=S) groups is 1. The monoisotopic (exact) mass is 480 g/mol. The van der Waals surface area contributed by atoms with Crippen molar-refractivity contribution in [2.24, 2.45) is 5.92 Å². The second-order valence-corrected chi connectivity index (χ2v) is 11.0. The Hall–Kier alpha value is -1.62. The van der Waals surface area contributed by atoms with Gasteiger partial charge in [-0.1, -0.05) is 61.7 Å². The fraction of sp³-hybridized carbons (Fsp3) is 0.450. The molecule has 3 heterocycles. The van der Waals surface area contributed by atoms with Crippen LogP contribution in [0.25, 0.3) is 6.08 Å². The maximum absolute atomic E-state index is 12.6. The first-order valence-corrected chi connectivity index (χ1v) is 12.8. The summed E-state index contributed by atoms with van der Waals surface area (Å²) in [6.07, 6.45) is 5.60. The van der Waals surface area contributed by atoms with Gasteiger partial charge in [0, 0.05) is 24.3 Å². The van der Waals surface area contributed by atoms with Crippen molar-refractivity contribution in [3.8, 4) is 0 Å². The number of thioether (sulfide) groups is 1. The third-order valence-electron chi connectivity index (χ3n) is 4.27. The zero-order valence-electron chi connectivity index (χ0n) is 16.9. The largest absolute Gasteiger partial charge is 0.301 e. The van der Waals surface area contributed by atoms with E-state index in [4.69, 9.17) is 12.2 Å². The van der Waals surface area contributed by atoms with Gasteiger partial charge in [-0.2, -0.15) is 0 Å². The Morgan fingerprint density at radius 2 is 2.13 bits per heavy atom. The molecule has 0 spiro atoms. The van der Waals surface area contributed by atoms with Crippen molar-refractivity contribution in [3.63, 3.8) is 0 Å². The number of thiophene rings is 1. The van der Waals surface area contributed by atoms with E-state index >= 15 is 0 Å². The predicted octanol–water partition coefficient (Wildman–Crippen LogP) is 5.20. The number of rotatable bonds is 10. The van der Waals surface area contributed by atoms with Crippen LogP contribution in [0.1, 0.15) is 49.4 Å². The van der Waals surface area contributed by atoms with E-state index in [1.165, 1.54) is 23.1 Å².